The SMILES string of the molecule is CC1CCCC(NC(=O)c2ccc(NC(=O)OC(C)(C)C)cc2)C1C. The molecule has 0 radical (unpaired) electrons. The average Bonchev–Trinajstić information content (AvgIpc) is 2.50. The molecule has 0 saturated heterocycles. The van der Waals surface area contributed by atoms with Crippen LogP contribution in [0.4, 0.5) is 10.5 Å². The van der Waals surface area contributed by atoms with Crippen LogP contribution in [0.2, 0.25) is 0 Å². The van der Waals surface area contributed by atoms with E-state index in [1.54, 1.807) is 24.3 Å². The van der Waals surface area contributed by atoms with Crippen LogP contribution in [-0.4, -0.2) is 23.6 Å². The maximum atomic E-state index is 12.5. The Kier molecular flexibility index (Phi) is 6.09. The van der Waals surface area contributed by atoms with E-state index in [0.717, 1.165) is 12.8 Å². The summed E-state index contributed by atoms with van der Waals surface area (Å²) in [4.78, 5) is 24.2. The molecule has 2 rings (SSSR count). The van der Waals surface area contributed by atoms with Gasteiger partial charge in [0.15, 0.2) is 0 Å². The van der Waals surface area contributed by atoms with Crippen LogP contribution < -0.4 is 10.6 Å². The van der Waals surface area contributed by atoms with Gasteiger partial charge in [-0.1, -0.05) is 26.7 Å². The molecule has 1 fully saturated rings. The van der Waals surface area contributed by atoms with E-state index in [1.807, 2.05) is 20.8 Å². The Bertz CT molecular complexity index is 604. The van der Waals surface area contributed by atoms with Crippen molar-refractivity contribution < 1.29 is 14.3 Å². The largest absolute Gasteiger partial charge is 0.444 e. The van der Waals surface area contributed by atoms with E-state index in [0.29, 0.717) is 23.1 Å². The second-order valence-corrected chi connectivity index (χ2v) is 8.05. The molecular weight excluding hydrogens is 316 g/mol. The summed E-state index contributed by atoms with van der Waals surface area (Å²) in [6.07, 6.45) is 2.93. The molecule has 5 heteroatoms. The molecule has 1 aliphatic rings. The molecule has 1 aromatic rings. The van der Waals surface area contributed by atoms with Gasteiger partial charge in [-0.15, -0.1) is 0 Å². The van der Waals surface area contributed by atoms with Gasteiger partial charge in [-0.05, 0) is 63.3 Å². The Labute approximate surface area is 150 Å². The second kappa shape index (κ2) is 7.89. The molecule has 1 saturated carbocycles. The monoisotopic (exact) mass is 346 g/mol. The van der Waals surface area contributed by atoms with Crippen LogP contribution in [0, 0.1) is 11.8 Å². The first-order valence-electron chi connectivity index (χ1n) is 9.06. The maximum Gasteiger partial charge on any atom is 0.412 e. The van der Waals surface area contributed by atoms with E-state index >= 15 is 0 Å². The van der Waals surface area contributed by atoms with Gasteiger partial charge in [0.1, 0.15) is 5.60 Å². The van der Waals surface area contributed by atoms with Crippen molar-refractivity contribution in [1.29, 1.82) is 0 Å². The normalized spacial score (nSPS) is 23.6. The number of nitrogens with one attached hydrogen (secondary N) is 2. The Morgan fingerprint density at radius 1 is 1.08 bits per heavy atom. The summed E-state index contributed by atoms with van der Waals surface area (Å²) in [6.45, 7) is 9.90. The molecule has 1 aliphatic carbocycles. The number of carbonyl (C=O) groups excluding carboxylic acids is 2. The average molecular weight is 346 g/mol. The zero-order chi connectivity index (χ0) is 18.6. The zero-order valence-electron chi connectivity index (χ0n) is 15.9. The molecule has 0 aliphatic heterocycles. The molecule has 0 aromatic heterocycles. The quantitative estimate of drug-likeness (QED) is 0.841. The van der Waals surface area contributed by atoms with Gasteiger partial charge in [0.05, 0.1) is 0 Å². The first-order chi connectivity index (χ1) is 11.7. The third-order valence-electron chi connectivity index (χ3n) is 4.82. The Balaban J connectivity index is 1.93. The summed E-state index contributed by atoms with van der Waals surface area (Å²) in [7, 11) is 0. The lowest BCUT2D eigenvalue weighted by Crippen LogP contribution is -2.43. The number of rotatable bonds is 3. The molecule has 3 unspecified atom stereocenters. The van der Waals surface area contributed by atoms with Gasteiger partial charge in [0.2, 0.25) is 0 Å². The van der Waals surface area contributed by atoms with Crippen LogP contribution in [0.1, 0.15) is 64.2 Å². The van der Waals surface area contributed by atoms with E-state index in [1.165, 1.54) is 6.42 Å². The highest BCUT2D eigenvalue weighted by Gasteiger charge is 2.28. The highest BCUT2D eigenvalue weighted by atomic mass is 16.6. The number of amides is 2. The molecule has 25 heavy (non-hydrogen) atoms. The molecule has 2 N–H and O–H groups in total. The van der Waals surface area contributed by atoms with E-state index in [4.69, 9.17) is 4.74 Å². The van der Waals surface area contributed by atoms with Gasteiger partial charge in [0.25, 0.3) is 5.91 Å². The van der Waals surface area contributed by atoms with Gasteiger partial charge in [0, 0.05) is 17.3 Å². The maximum absolute atomic E-state index is 12.5. The predicted octanol–water partition coefficient (Wildman–Crippen LogP) is 4.59. The molecule has 0 spiro atoms. The first-order valence-corrected chi connectivity index (χ1v) is 9.06. The second-order valence-electron chi connectivity index (χ2n) is 8.05. The highest BCUT2D eigenvalue weighted by molar-refractivity contribution is 5.95. The van der Waals surface area contributed by atoms with Crippen LogP contribution >= 0.6 is 0 Å². The molecule has 138 valence electrons. The lowest BCUT2D eigenvalue weighted by atomic mass is 9.78. The van der Waals surface area contributed by atoms with Gasteiger partial charge >= 0.3 is 6.09 Å². The Hall–Kier alpha value is -2.04. The van der Waals surface area contributed by atoms with Crippen molar-refractivity contribution >= 4 is 17.7 Å². The summed E-state index contributed by atoms with van der Waals surface area (Å²) in [5.41, 5.74) is 0.656. The summed E-state index contributed by atoms with van der Waals surface area (Å²) in [6, 6.07) is 7.10. The zero-order valence-corrected chi connectivity index (χ0v) is 15.9. The summed E-state index contributed by atoms with van der Waals surface area (Å²) < 4.78 is 5.21. The van der Waals surface area contributed by atoms with E-state index in [2.05, 4.69) is 24.5 Å². The summed E-state index contributed by atoms with van der Waals surface area (Å²) in [5, 5.41) is 5.82. The van der Waals surface area contributed by atoms with Crippen molar-refractivity contribution in [2.45, 2.75) is 65.5 Å². The third kappa shape index (κ3) is 5.76. The number of carbonyl (C=O) groups is 2. The van der Waals surface area contributed by atoms with Crippen LogP contribution in [0.25, 0.3) is 0 Å². The van der Waals surface area contributed by atoms with Crippen molar-refractivity contribution in [3.05, 3.63) is 29.8 Å². The fraction of sp³-hybridized carbons (Fsp3) is 0.600. The molecule has 0 heterocycles. The molecule has 5 nitrogen and oxygen atoms in total. The highest BCUT2D eigenvalue weighted by Crippen LogP contribution is 2.29. The fourth-order valence-electron chi connectivity index (χ4n) is 3.16. The minimum Gasteiger partial charge on any atom is -0.444 e. The van der Waals surface area contributed by atoms with Crippen LogP contribution in [0.15, 0.2) is 24.3 Å². The smallest absolute Gasteiger partial charge is 0.412 e. The van der Waals surface area contributed by atoms with Gasteiger partial charge in [-0.2, -0.15) is 0 Å². The minimum absolute atomic E-state index is 0.0604. The van der Waals surface area contributed by atoms with Gasteiger partial charge in [-0.25, -0.2) is 4.79 Å². The molecular formula is C20H30N2O3. The fourth-order valence-corrected chi connectivity index (χ4v) is 3.16. The summed E-state index contributed by atoms with van der Waals surface area (Å²) >= 11 is 0. The predicted molar refractivity (Wildman–Crippen MR) is 99.7 cm³/mol. The van der Waals surface area contributed by atoms with Crippen LogP contribution in [0.3, 0.4) is 0 Å². The number of ether oxygens (including phenoxy) is 1. The van der Waals surface area contributed by atoms with Gasteiger partial charge in [-0.3, -0.25) is 10.1 Å². The number of hydrogen-bond acceptors (Lipinski definition) is 3. The van der Waals surface area contributed by atoms with Crippen molar-refractivity contribution in [3.8, 4) is 0 Å². The summed E-state index contributed by atoms with van der Waals surface area (Å²) in [5.74, 6) is 1.07. The topological polar surface area (TPSA) is 67.4 Å². The number of benzene rings is 1. The number of hydrogen-bond donors (Lipinski definition) is 2. The molecule has 0 bridgehead atoms. The third-order valence-corrected chi connectivity index (χ3v) is 4.82. The van der Waals surface area contributed by atoms with Crippen LogP contribution in [0.5, 0.6) is 0 Å². The molecule has 3 atom stereocenters. The lowest BCUT2D eigenvalue weighted by molar-refractivity contribution is 0.0635. The van der Waals surface area contributed by atoms with Crippen molar-refractivity contribution in [1.82, 2.24) is 5.32 Å². The minimum atomic E-state index is -0.544. The molecule has 1 aromatic carbocycles. The number of anilines is 1. The van der Waals surface area contributed by atoms with Crippen molar-refractivity contribution in [2.75, 3.05) is 5.32 Å². The van der Waals surface area contributed by atoms with E-state index in [9.17, 15) is 9.59 Å². The Morgan fingerprint density at radius 2 is 1.72 bits per heavy atom. The van der Waals surface area contributed by atoms with E-state index in [-0.39, 0.29) is 11.9 Å². The standard InChI is InChI=1S/C20H30N2O3/c1-13-7-6-8-17(14(13)2)22-18(23)15-9-11-16(12-10-15)21-19(24)25-20(3,4)5/h9-14,17H,6-8H2,1-5H3,(H,21,24)(H,22,23). The first kappa shape index (κ1) is 19.3. The Morgan fingerprint density at radius 3 is 2.32 bits per heavy atom. The lowest BCUT2D eigenvalue weighted by Gasteiger charge is -2.34. The van der Waals surface area contributed by atoms with E-state index < -0.39 is 11.7 Å². The van der Waals surface area contributed by atoms with Crippen molar-refractivity contribution in [3.63, 3.8) is 0 Å². The van der Waals surface area contributed by atoms with Crippen LogP contribution in [-0.2, 0) is 4.74 Å². The van der Waals surface area contributed by atoms with Crippen molar-refractivity contribution in [2.24, 2.45) is 11.8 Å². The molecule has 2 amide bonds. The van der Waals surface area contributed by atoms with Gasteiger partial charge < -0.3 is 10.1 Å².